The Bertz CT molecular complexity index is 959. The number of ether oxygens (including phenoxy) is 3. The number of hydrogen-bond acceptors (Lipinski definition) is 7. The molecule has 1 aliphatic heterocycles. The van der Waals surface area contributed by atoms with Crippen molar-refractivity contribution < 1.29 is 28.6 Å². The molecule has 1 N–H and O–H groups in total. The number of benzene rings is 1. The summed E-state index contributed by atoms with van der Waals surface area (Å²) in [5, 5.41) is 3.25. The highest BCUT2D eigenvalue weighted by molar-refractivity contribution is 6.12. The number of carbonyl (C=O) groups is 3. The van der Waals surface area contributed by atoms with Crippen LogP contribution in [0.2, 0.25) is 0 Å². The molecule has 0 saturated heterocycles. The van der Waals surface area contributed by atoms with Crippen LogP contribution in [-0.2, 0) is 28.6 Å². The zero-order valence-electron chi connectivity index (χ0n) is 19.3. The molecule has 1 aromatic rings. The van der Waals surface area contributed by atoms with E-state index in [-0.39, 0.29) is 18.3 Å². The molecule has 0 fully saturated rings. The zero-order chi connectivity index (χ0) is 23.4. The Morgan fingerprint density at radius 2 is 1.81 bits per heavy atom. The molecule has 0 aromatic heterocycles. The molecule has 0 bridgehead atoms. The monoisotopic (exact) mass is 441 g/mol. The molecule has 1 heterocycles. The molecular formula is C25H31NO6. The third-order valence-corrected chi connectivity index (χ3v) is 6.04. The number of Topliss-reactive ketones (excluding diaryl/α,β-unsaturated/α-hetero) is 1. The van der Waals surface area contributed by atoms with E-state index in [0.717, 1.165) is 16.8 Å². The lowest BCUT2D eigenvalue weighted by Crippen LogP contribution is -2.43. The fourth-order valence-corrected chi connectivity index (χ4v) is 4.46. The van der Waals surface area contributed by atoms with Gasteiger partial charge in [-0.3, -0.25) is 9.59 Å². The first-order chi connectivity index (χ1) is 15.3. The van der Waals surface area contributed by atoms with Crippen molar-refractivity contribution in [2.75, 3.05) is 26.9 Å². The summed E-state index contributed by atoms with van der Waals surface area (Å²) in [4.78, 5) is 39.2. The second kappa shape index (κ2) is 10.1. The van der Waals surface area contributed by atoms with Crippen LogP contribution in [0.15, 0.2) is 46.8 Å². The Labute approximate surface area is 188 Å². The van der Waals surface area contributed by atoms with Gasteiger partial charge in [-0.25, -0.2) is 4.79 Å². The van der Waals surface area contributed by atoms with E-state index < -0.39 is 23.8 Å². The van der Waals surface area contributed by atoms with Gasteiger partial charge in [0.1, 0.15) is 12.5 Å². The van der Waals surface area contributed by atoms with Gasteiger partial charge in [0.05, 0.1) is 19.3 Å². The summed E-state index contributed by atoms with van der Waals surface area (Å²) in [7, 11) is 1.29. The fourth-order valence-electron chi connectivity index (χ4n) is 4.46. The molecule has 172 valence electrons. The number of ketones is 1. The maximum absolute atomic E-state index is 13.6. The highest BCUT2D eigenvalue weighted by Crippen LogP contribution is 2.45. The molecular weight excluding hydrogens is 410 g/mol. The third-order valence-electron chi connectivity index (χ3n) is 6.04. The lowest BCUT2D eigenvalue weighted by atomic mass is 9.69. The Balaban J connectivity index is 2.06. The summed E-state index contributed by atoms with van der Waals surface area (Å²) in [6.45, 7) is 8.46. The number of nitrogens with one attached hydrogen (secondary N) is 1. The summed E-state index contributed by atoms with van der Waals surface area (Å²) in [6, 6.07) is 7.71. The SMILES string of the molecule is CCOCCOC(=O)C1=C(C)NC2=C(C(=O)[C@@H](C(=O)OC)[C@@H](C)C2)[C@@H]1c1ccc(C)cc1. The second-order valence-electron chi connectivity index (χ2n) is 8.28. The summed E-state index contributed by atoms with van der Waals surface area (Å²) < 4.78 is 15.7. The number of rotatable bonds is 7. The molecule has 3 rings (SSSR count). The minimum atomic E-state index is -0.901. The summed E-state index contributed by atoms with van der Waals surface area (Å²) >= 11 is 0. The second-order valence-corrected chi connectivity index (χ2v) is 8.28. The lowest BCUT2D eigenvalue weighted by Gasteiger charge is -2.38. The van der Waals surface area contributed by atoms with E-state index >= 15 is 0 Å². The lowest BCUT2D eigenvalue weighted by molar-refractivity contribution is -0.151. The van der Waals surface area contributed by atoms with Crippen molar-refractivity contribution >= 4 is 17.7 Å². The minimum Gasteiger partial charge on any atom is -0.468 e. The third kappa shape index (κ3) is 4.63. The molecule has 2 aliphatic rings. The molecule has 0 amide bonds. The number of esters is 2. The zero-order valence-corrected chi connectivity index (χ0v) is 19.3. The first-order valence-corrected chi connectivity index (χ1v) is 10.9. The molecule has 0 unspecified atom stereocenters. The van der Waals surface area contributed by atoms with Gasteiger partial charge in [-0.15, -0.1) is 0 Å². The fraction of sp³-hybridized carbons (Fsp3) is 0.480. The topological polar surface area (TPSA) is 90.9 Å². The Kier molecular flexibility index (Phi) is 7.51. The Morgan fingerprint density at radius 1 is 1.12 bits per heavy atom. The van der Waals surface area contributed by atoms with Gasteiger partial charge >= 0.3 is 11.9 Å². The van der Waals surface area contributed by atoms with E-state index in [1.54, 1.807) is 0 Å². The van der Waals surface area contributed by atoms with Crippen molar-refractivity contribution in [2.45, 2.75) is 40.0 Å². The first-order valence-electron chi connectivity index (χ1n) is 10.9. The van der Waals surface area contributed by atoms with E-state index in [2.05, 4.69) is 5.32 Å². The smallest absolute Gasteiger partial charge is 0.336 e. The largest absolute Gasteiger partial charge is 0.468 e. The number of methoxy groups -OCH3 is 1. The van der Waals surface area contributed by atoms with Crippen molar-refractivity contribution in [2.24, 2.45) is 11.8 Å². The van der Waals surface area contributed by atoms with Gasteiger partial charge in [0.25, 0.3) is 0 Å². The van der Waals surface area contributed by atoms with Crippen LogP contribution < -0.4 is 5.32 Å². The molecule has 3 atom stereocenters. The molecule has 32 heavy (non-hydrogen) atoms. The van der Waals surface area contributed by atoms with Crippen LogP contribution in [0, 0.1) is 18.8 Å². The average Bonchev–Trinajstić information content (AvgIpc) is 2.76. The number of carbonyl (C=O) groups excluding carboxylic acids is 3. The highest BCUT2D eigenvalue weighted by Gasteiger charge is 2.47. The van der Waals surface area contributed by atoms with Crippen LogP contribution in [0.1, 0.15) is 44.2 Å². The number of hydrogen-bond donors (Lipinski definition) is 1. The molecule has 1 aromatic carbocycles. The van der Waals surface area contributed by atoms with E-state index in [0.29, 0.717) is 36.5 Å². The molecule has 0 radical (unpaired) electrons. The van der Waals surface area contributed by atoms with Gasteiger partial charge in [-0.2, -0.15) is 0 Å². The van der Waals surface area contributed by atoms with E-state index in [1.807, 2.05) is 52.0 Å². The summed E-state index contributed by atoms with van der Waals surface area (Å²) in [6.07, 6.45) is 0.507. The molecule has 1 aliphatic carbocycles. The molecule has 0 saturated carbocycles. The van der Waals surface area contributed by atoms with Crippen molar-refractivity contribution in [1.29, 1.82) is 0 Å². The summed E-state index contributed by atoms with van der Waals surface area (Å²) in [5.41, 5.74) is 4.06. The van der Waals surface area contributed by atoms with E-state index in [4.69, 9.17) is 14.2 Å². The maximum Gasteiger partial charge on any atom is 0.336 e. The summed E-state index contributed by atoms with van der Waals surface area (Å²) in [5.74, 6) is -3.11. The average molecular weight is 442 g/mol. The Morgan fingerprint density at radius 3 is 2.44 bits per heavy atom. The number of dihydropyridines is 1. The van der Waals surface area contributed by atoms with E-state index in [1.165, 1.54) is 7.11 Å². The van der Waals surface area contributed by atoms with Gasteiger partial charge in [0.15, 0.2) is 5.78 Å². The standard InChI is InChI=1S/C25H31NO6/c1-6-31-11-12-32-25(29)20-16(4)26-18-13-15(3)19(24(28)30-5)23(27)22(18)21(20)17-9-7-14(2)8-10-17/h7-10,15,19,21,26H,6,11-13H2,1-5H3/t15-,19-,21+/m0/s1. The van der Waals surface area contributed by atoms with Gasteiger partial charge in [0.2, 0.25) is 0 Å². The van der Waals surface area contributed by atoms with Crippen molar-refractivity contribution in [3.8, 4) is 0 Å². The minimum absolute atomic E-state index is 0.117. The predicted octanol–water partition coefficient (Wildman–Crippen LogP) is 3.19. The van der Waals surface area contributed by atoms with Crippen molar-refractivity contribution in [3.63, 3.8) is 0 Å². The van der Waals surface area contributed by atoms with Crippen molar-refractivity contribution in [1.82, 2.24) is 5.32 Å². The van der Waals surface area contributed by atoms with Crippen LogP contribution >= 0.6 is 0 Å². The van der Waals surface area contributed by atoms with E-state index in [9.17, 15) is 14.4 Å². The molecule has 0 spiro atoms. The first kappa shape index (κ1) is 23.7. The van der Waals surface area contributed by atoms with Gasteiger partial charge in [-0.05, 0) is 38.7 Å². The number of allylic oxidation sites excluding steroid dienone is 3. The highest BCUT2D eigenvalue weighted by atomic mass is 16.6. The quantitative estimate of drug-likeness (QED) is 0.395. The van der Waals surface area contributed by atoms with Gasteiger partial charge < -0.3 is 19.5 Å². The maximum atomic E-state index is 13.6. The molecule has 7 heteroatoms. The van der Waals surface area contributed by atoms with Crippen LogP contribution in [-0.4, -0.2) is 44.7 Å². The van der Waals surface area contributed by atoms with Gasteiger partial charge in [0, 0.05) is 29.5 Å². The van der Waals surface area contributed by atoms with Crippen LogP contribution in [0.5, 0.6) is 0 Å². The van der Waals surface area contributed by atoms with Crippen LogP contribution in [0.3, 0.4) is 0 Å². The van der Waals surface area contributed by atoms with Crippen LogP contribution in [0.25, 0.3) is 0 Å². The van der Waals surface area contributed by atoms with Gasteiger partial charge in [-0.1, -0.05) is 36.8 Å². The van der Waals surface area contributed by atoms with Crippen LogP contribution in [0.4, 0.5) is 0 Å². The predicted molar refractivity (Wildman–Crippen MR) is 119 cm³/mol. The number of aryl methyl sites for hydroxylation is 1. The van der Waals surface area contributed by atoms with Crippen molar-refractivity contribution in [3.05, 3.63) is 57.9 Å². The molecule has 7 nitrogen and oxygen atoms in total. The Hall–Kier alpha value is -2.93. The normalized spacial score (nSPS) is 22.9.